The Hall–Kier alpha value is -1.61. The number of aryl methyl sites for hydroxylation is 2. The molecular formula is C12H11ClN2O. The van der Waals surface area contributed by atoms with Gasteiger partial charge in [-0.3, -0.25) is 4.98 Å². The third kappa shape index (κ3) is 2.49. The van der Waals surface area contributed by atoms with Crippen LogP contribution < -0.4 is 4.74 Å². The number of aromatic nitrogens is 2. The van der Waals surface area contributed by atoms with Crippen LogP contribution >= 0.6 is 11.6 Å². The van der Waals surface area contributed by atoms with Gasteiger partial charge in [0.05, 0.1) is 12.4 Å². The monoisotopic (exact) mass is 234 g/mol. The van der Waals surface area contributed by atoms with Crippen LogP contribution in [0.2, 0.25) is 5.15 Å². The van der Waals surface area contributed by atoms with Crippen LogP contribution in [0.25, 0.3) is 0 Å². The lowest BCUT2D eigenvalue weighted by atomic mass is 10.1. The van der Waals surface area contributed by atoms with Gasteiger partial charge in [0.25, 0.3) is 0 Å². The summed E-state index contributed by atoms with van der Waals surface area (Å²) in [5.74, 6) is 1.17. The SMILES string of the molecule is Cc1ccc(Oc2cncc(Cl)n2)c(C)c1. The highest BCUT2D eigenvalue weighted by atomic mass is 35.5. The van der Waals surface area contributed by atoms with E-state index < -0.39 is 0 Å². The Morgan fingerprint density at radius 3 is 2.69 bits per heavy atom. The number of nitrogens with zero attached hydrogens (tertiary/aromatic N) is 2. The molecular weight excluding hydrogens is 224 g/mol. The molecule has 0 radical (unpaired) electrons. The molecule has 4 heteroatoms. The lowest BCUT2D eigenvalue weighted by Crippen LogP contribution is -1.91. The minimum atomic E-state index is 0.322. The molecule has 16 heavy (non-hydrogen) atoms. The van der Waals surface area contributed by atoms with Crippen LogP contribution in [0, 0.1) is 13.8 Å². The first-order valence-corrected chi connectivity index (χ1v) is 5.25. The Balaban J connectivity index is 2.27. The fourth-order valence-corrected chi connectivity index (χ4v) is 1.54. The Kier molecular flexibility index (Phi) is 3.06. The Morgan fingerprint density at radius 1 is 1.19 bits per heavy atom. The van der Waals surface area contributed by atoms with E-state index in [2.05, 4.69) is 9.97 Å². The Bertz CT molecular complexity index is 514. The molecule has 0 unspecified atom stereocenters. The third-order valence-corrected chi connectivity index (χ3v) is 2.31. The quantitative estimate of drug-likeness (QED) is 0.797. The third-order valence-electron chi connectivity index (χ3n) is 2.13. The molecule has 2 aromatic rings. The molecule has 2 rings (SSSR count). The first-order valence-electron chi connectivity index (χ1n) is 4.88. The molecule has 0 fully saturated rings. The van der Waals surface area contributed by atoms with Crippen molar-refractivity contribution >= 4 is 11.6 Å². The minimum Gasteiger partial charge on any atom is -0.437 e. The summed E-state index contributed by atoms with van der Waals surface area (Å²) in [6.07, 6.45) is 3.00. The zero-order valence-corrected chi connectivity index (χ0v) is 9.82. The molecule has 0 spiro atoms. The predicted octanol–water partition coefficient (Wildman–Crippen LogP) is 3.54. The topological polar surface area (TPSA) is 35.0 Å². The fraction of sp³-hybridized carbons (Fsp3) is 0.167. The molecule has 0 saturated carbocycles. The molecule has 0 saturated heterocycles. The van der Waals surface area contributed by atoms with E-state index in [0.717, 1.165) is 11.3 Å². The van der Waals surface area contributed by atoms with E-state index in [1.165, 1.54) is 18.0 Å². The normalized spacial score (nSPS) is 10.2. The predicted molar refractivity (Wildman–Crippen MR) is 63.0 cm³/mol. The summed E-state index contributed by atoms with van der Waals surface area (Å²) < 4.78 is 5.59. The van der Waals surface area contributed by atoms with Gasteiger partial charge in [-0.1, -0.05) is 29.3 Å². The summed E-state index contributed by atoms with van der Waals surface area (Å²) in [5, 5.41) is 0.322. The minimum absolute atomic E-state index is 0.322. The van der Waals surface area contributed by atoms with Crippen molar-refractivity contribution in [2.45, 2.75) is 13.8 Å². The van der Waals surface area contributed by atoms with Crippen LogP contribution in [0.3, 0.4) is 0 Å². The molecule has 0 bridgehead atoms. The van der Waals surface area contributed by atoms with Crippen molar-refractivity contribution in [2.75, 3.05) is 0 Å². The summed E-state index contributed by atoms with van der Waals surface area (Å²) >= 11 is 5.72. The zero-order valence-electron chi connectivity index (χ0n) is 9.07. The largest absolute Gasteiger partial charge is 0.437 e. The molecule has 3 nitrogen and oxygen atoms in total. The van der Waals surface area contributed by atoms with Crippen LogP contribution in [-0.4, -0.2) is 9.97 Å². The standard InChI is InChI=1S/C12H11ClN2O/c1-8-3-4-10(9(2)5-8)16-12-7-14-6-11(13)15-12/h3-7H,1-2H3. The highest BCUT2D eigenvalue weighted by Gasteiger charge is 2.03. The van der Waals surface area contributed by atoms with Crippen molar-refractivity contribution in [1.29, 1.82) is 0 Å². The van der Waals surface area contributed by atoms with Crippen molar-refractivity contribution in [2.24, 2.45) is 0 Å². The first-order chi connectivity index (χ1) is 7.65. The lowest BCUT2D eigenvalue weighted by Gasteiger charge is -2.07. The van der Waals surface area contributed by atoms with E-state index in [9.17, 15) is 0 Å². The van der Waals surface area contributed by atoms with Gasteiger partial charge in [-0.25, -0.2) is 0 Å². The van der Waals surface area contributed by atoms with Gasteiger partial charge in [0, 0.05) is 0 Å². The van der Waals surface area contributed by atoms with Gasteiger partial charge >= 0.3 is 0 Å². The Labute approximate surface area is 99.1 Å². The lowest BCUT2D eigenvalue weighted by molar-refractivity contribution is 0.456. The molecule has 1 aromatic carbocycles. The summed E-state index contributed by atoms with van der Waals surface area (Å²) in [4.78, 5) is 7.92. The zero-order chi connectivity index (χ0) is 11.5. The number of hydrogen-bond donors (Lipinski definition) is 0. The summed E-state index contributed by atoms with van der Waals surface area (Å²) in [7, 11) is 0. The number of halogens is 1. The summed E-state index contributed by atoms with van der Waals surface area (Å²) in [6, 6.07) is 5.95. The Morgan fingerprint density at radius 2 is 2.00 bits per heavy atom. The second-order valence-electron chi connectivity index (χ2n) is 3.55. The van der Waals surface area contributed by atoms with Gasteiger partial charge in [-0.15, -0.1) is 0 Å². The van der Waals surface area contributed by atoms with E-state index in [4.69, 9.17) is 16.3 Å². The van der Waals surface area contributed by atoms with Crippen LogP contribution in [0.4, 0.5) is 0 Å². The van der Waals surface area contributed by atoms with Crippen molar-refractivity contribution < 1.29 is 4.74 Å². The number of rotatable bonds is 2. The molecule has 1 heterocycles. The molecule has 0 aliphatic heterocycles. The molecule has 0 amide bonds. The summed E-state index contributed by atoms with van der Waals surface area (Å²) in [6.45, 7) is 4.02. The molecule has 1 aromatic heterocycles. The van der Waals surface area contributed by atoms with Crippen molar-refractivity contribution in [3.8, 4) is 11.6 Å². The van der Waals surface area contributed by atoms with Gasteiger partial charge in [-0.05, 0) is 25.5 Å². The fourth-order valence-electron chi connectivity index (χ4n) is 1.40. The molecule has 0 atom stereocenters. The van der Waals surface area contributed by atoms with Gasteiger partial charge < -0.3 is 4.74 Å². The van der Waals surface area contributed by atoms with E-state index >= 15 is 0 Å². The van der Waals surface area contributed by atoms with E-state index in [1.54, 1.807) is 0 Å². The number of benzene rings is 1. The maximum atomic E-state index is 5.72. The smallest absolute Gasteiger partial charge is 0.239 e. The number of ether oxygens (including phenoxy) is 1. The van der Waals surface area contributed by atoms with E-state index in [1.807, 2.05) is 32.0 Å². The highest BCUT2D eigenvalue weighted by Crippen LogP contribution is 2.24. The molecule has 0 aliphatic rings. The summed E-state index contributed by atoms with van der Waals surface area (Å²) in [5.41, 5.74) is 2.25. The van der Waals surface area contributed by atoms with Crippen molar-refractivity contribution in [3.05, 3.63) is 46.9 Å². The average Bonchev–Trinajstić information content (AvgIpc) is 2.22. The van der Waals surface area contributed by atoms with Gasteiger partial charge in [0.2, 0.25) is 5.88 Å². The maximum absolute atomic E-state index is 5.72. The second kappa shape index (κ2) is 4.49. The van der Waals surface area contributed by atoms with Crippen LogP contribution in [0.5, 0.6) is 11.6 Å². The highest BCUT2D eigenvalue weighted by molar-refractivity contribution is 6.29. The molecule has 82 valence electrons. The van der Waals surface area contributed by atoms with Gasteiger partial charge in [0.15, 0.2) is 5.15 Å². The first kappa shape index (κ1) is 10.9. The van der Waals surface area contributed by atoms with Crippen LogP contribution in [-0.2, 0) is 0 Å². The number of hydrogen-bond acceptors (Lipinski definition) is 3. The van der Waals surface area contributed by atoms with Gasteiger partial charge in [0.1, 0.15) is 5.75 Å². The second-order valence-corrected chi connectivity index (χ2v) is 3.94. The van der Waals surface area contributed by atoms with Crippen molar-refractivity contribution in [1.82, 2.24) is 9.97 Å². The van der Waals surface area contributed by atoms with Crippen molar-refractivity contribution in [3.63, 3.8) is 0 Å². The van der Waals surface area contributed by atoms with Crippen LogP contribution in [0.1, 0.15) is 11.1 Å². The average molecular weight is 235 g/mol. The molecule has 0 aliphatic carbocycles. The van der Waals surface area contributed by atoms with E-state index in [0.29, 0.717) is 11.0 Å². The van der Waals surface area contributed by atoms with Gasteiger partial charge in [-0.2, -0.15) is 4.98 Å². The van der Waals surface area contributed by atoms with Crippen LogP contribution in [0.15, 0.2) is 30.6 Å². The van der Waals surface area contributed by atoms with E-state index in [-0.39, 0.29) is 0 Å². The maximum Gasteiger partial charge on any atom is 0.239 e. The molecule has 0 N–H and O–H groups in total.